The number of urea groups is 1. The van der Waals surface area contributed by atoms with Crippen molar-refractivity contribution in [3.8, 4) is 5.75 Å². The standard InChI is InChI=1S/C22H29BN4O9/c1-2-26-6-7-27(19(31)18(26)30)21(34)25-11-22(10-24,12-28)16(29)9-14-8-13-4-3-5-15(20(32)33)17(13)36-23(14)35/h3-5,14,28,35H,2,6-12,24H2,1H3,(H,25,34)(H,32,33)/t14-,22?/m1/s1. The van der Waals surface area contributed by atoms with E-state index in [4.69, 9.17) is 10.4 Å². The first kappa shape index (κ1) is 27.1. The summed E-state index contributed by atoms with van der Waals surface area (Å²) in [6.07, 6.45) is -0.141. The van der Waals surface area contributed by atoms with Gasteiger partial charge < -0.3 is 35.8 Å². The third-order valence-corrected chi connectivity index (χ3v) is 6.70. The number of ketones is 1. The Morgan fingerprint density at radius 2 is 1.97 bits per heavy atom. The summed E-state index contributed by atoms with van der Waals surface area (Å²) in [4.78, 5) is 63.6. The molecule has 1 fully saturated rings. The number of hydrogen-bond acceptors (Lipinski definition) is 9. The summed E-state index contributed by atoms with van der Waals surface area (Å²) in [5.74, 6) is -4.30. The van der Waals surface area contributed by atoms with E-state index in [2.05, 4.69) is 5.32 Å². The molecule has 0 spiro atoms. The van der Waals surface area contributed by atoms with Crippen molar-refractivity contribution in [1.29, 1.82) is 0 Å². The molecule has 194 valence electrons. The zero-order valence-electron chi connectivity index (χ0n) is 19.8. The first-order chi connectivity index (χ1) is 17.1. The van der Waals surface area contributed by atoms with Crippen LogP contribution in [0.4, 0.5) is 4.79 Å². The molecule has 6 N–H and O–H groups in total. The molecule has 14 heteroatoms. The van der Waals surface area contributed by atoms with Gasteiger partial charge in [-0.3, -0.25) is 19.3 Å². The molecule has 0 aromatic heterocycles. The molecule has 2 atom stereocenters. The molecule has 3 rings (SSSR count). The van der Waals surface area contributed by atoms with Gasteiger partial charge in [0.05, 0.1) is 17.6 Å². The van der Waals surface area contributed by atoms with E-state index in [0.717, 1.165) is 4.90 Å². The van der Waals surface area contributed by atoms with E-state index in [9.17, 15) is 39.2 Å². The lowest BCUT2D eigenvalue weighted by molar-refractivity contribution is -0.153. The predicted octanol–water partition coefficient (Wildman–Crippen LogP) is -1.53. The number of para-hydroxylation sites is 1. The number of carbonyl (C=O) groups excluding carboxylic acids is 4. The second-order valence-corrected chi connectivity index (χ2v) is 8.84. The number of hydrogen-bond donors (Lipinski definition) is 5. The summed E-state index contributed by atoms with van der Waals surface area (Å²) < 4.78 is 5.41. The van der Waals surface area contributed by atoms with E-state index < -0.39 is 61.1 Å². The molecule has 36 heavy (non-hydrogen) atoms. The zero-order chi connectivity index (χ0) is 26.6. The quantitative estimate of drug-likeness (QED) is 0.194. The number of aliphatic hydroxyl groups excluding tert-OH is 1. The number of carboxylic acid groups (broad SMARTS) is 1. The number of imide groups is 1. The number of nitrogens with zero attached hydrogens (tertiary/aromatic N) is 2. The van der Waals surface area contributed by atoms with E-state index in [1.54, 1.807) is 13.0 Å². The molecule has 1 unspecified atom stereocenters. The maximum Gasteiger partial charge on any atom is 0.526 e. The minimum atomic E-state index is -1.61. The van der Waals surface area contributed by atoms with Crippen molar-refractivity contribution in [2.45, 2.75) is 25.6 Å². The van der Waals surface area contributed by atoms with Crippen LogP contribution in [0.2, 0.25) is 5.82 Å². The average molecular weight is 504 g/mol. The number of aliphatic hydroxyl groups is 1. The zero-order valence-corrected chi connectivity index (χ0v) is 19.8. The van der Waals surface area contributed by atoms with Crippen molar-refractivity contribution in [3.63, 3.8) is 0 Å². The topological polar surface area (TPSA) is 200 Å². The number of benzene rings is 1. The van der Waals surface area contributed by atoms with Gasteiger partial charge in [0, 0.05) is 45.0 Å². The van der Waals surface area contributed by atoms with Crippen LogP contribution in [0.15, 0.2) is 18.2 Å². The molecule has 13 nitrogen and oxygen atoms in total. The number of carboxylic acids is 1. The number of amides is 4. The Bertz CT molecular complexity index is 1060. The van der Waals surface area contributed by atoms with E-state index in [1.807, 2.05) is 0 Å². The lowest BCUT2D eigenvalue weighted by Crippen LogP contribution is -2.60. The SMILES string of the molecule is CCN1CCN(C(=O)NCC(CN)(CO)C(=O)C[C@H]2Cc3cccc(C(=O)O)c3OB2O)C(=O)C1=O. The average Bonchev–Trinajstić information content (AvgIpc) is 2.86. The van der Waals surface area contributed by atoms with Crippen LogP contribution in [0.3, 0.4) is 0 Å². The van der Waals surface area contributed by atoms with Gasteiger partial charge in [0.15, 0.2) is 0 Å². The molecule has 0 saturated carbocycles. The predicted molar refractivity (Wildman–Crippen MR) is 125 cm³/mol. The number of likely N-dealkylation sites (N-methyl/N-ethyl adjacent to an activating group) is 1. The van der Waals surface area contributed by atoms with Crippen molar-refractivity contribution in [3.05, 3.63) is 29.3 Å². The molecule has 1 aromatic rings. The van der Waals surface area contributed by atoms with Gasteiger partial charge in [0.2, 0.25) is 0 Å². The number of nitrogens with two attached hydrogens (primary N) is 1. The van der Waals surface area contributed by atoms with Crippen molar-refractivity contribution in [2.24, 2.45) is 11.1 Å². The second-order valence-electron chi connectivity index (χ2n) is 8.84. The van der Waals surface area contributed by atoms with Crippen LogP contribution in [0.5, 0.6) is 5.75 Å². The first-order valence-corrected chi connectivity index (χ1v) is 11.5. The summed E-state index contributed by atoms with van der Waals surface area (Å²) in [5, 5.41) is 32.2. The second kappa shape index (κ2) is 11.1. The summed E-state index contributed by atoms with van der Waals surface area (Å²) in [5.41, 5.74) is 4.58. The van der Waals surface area contributed by atoms with Gasteiger partial charge in [-0.15, -0.1) is 0 Å². The molecule has 1 aromatic carbocycles. The maximum atomic E-state index is 13.2. The number of aromatic carboxylic acids is 1. The Hall–Kier alpha value is -3.49. The van der Waals surface area contributed by atoms with Crippen molar-refractivity contribution >= 4 is 36.7 Å². The molecular weight excluding hydrogens is 475 g/mol. The molecule has 0 radical (unpaired) electrons. The van der Waals surface area contributed by atoms with Crippen molar-refractivity contribution in [2.75, 3.05) is 39.3 Å². The summed E-state index contributed by atoms with van der Waals surface area (Å²) in [6, 6.07) is 3.61. The Labute approximate surface area is 207 Å². The fourth-order valence-corrected chi connectivity index (χ4v) is 4.28. The number of carbonyl (C=O) groups is 5. The molecule has 4 amide bonds. The molecule has 2 aliphatic heterocycles. The van der Waals surface area contributed by atoms with E-state index >= 15 is 0 Å². The van der Waals surface area contributed by atoms with E-state index in [1.165, 1.54) is 17.0 Å². The van der Waals surface area contributed by atoms with Crippen LogP contribution in [0, 0.1) is 5.41 Å². The van der Waals surface area contributed by atoms with Gasteiger partial charge >= 0.3 is 30.9 Å². The highest BCUT2D eigenvalue weighted by Crippen LogP contribution is 2.37. The van der Waals surface area contributed by atoms with Crippen molar-refractivity contribution in [1.82, 2.24) is 15.1 Å². The normalized spacial score (nSPS) is 19.3. The minimum absolute atomic E-state index is 0.0176. The van der Waals surface area contributed by atoms with Crippen LogP contribution in [0.1, 0.15) is 29.3 Å². The van der Waals surface area contributed by atoms with Crippen LogP contribution < -0.4 is 15.7 Å². The van der Waals surface area contributed by atoms with Crippen LogP contribution in [0.25, 0.3) is 0 Å². The lowest BCUT2D eigenvalue weighted by Gasteiger charge is -2.35. The van der Waals surface area contributed by atoms with Crippen molar-refractivity contribution < 1.29 is 43.9 Å². The van der Waals surface area contributed by atoms with E-state index in [-0.39, 0.29) is 43.8 Å². The summed E-state index contributed by atoms with van der Waals surface area (Å²) >= 11 is 0. The smallest absolute Gasteiger partial charge is 0.526 e. The maximum absolute atomic E-state index is 13.2. The Balaban J connectivity index is 1.68. The summed E-state index contributed by atoms with van der Waals surface area (Å²) in [6.45, 7) is 0.730. The third kappa shape index (κ3) is 5.20. The van der Waals surface area contributed by atoms with Gasteiger partial charge in [-0.2, -0.15) is 0 Å². The number of fused-ring (bicyclic) bond motifs is 1. The molecule has 2 aliphatic rings. The largest absolute Gasteiger partial charge is 0.535 e. The highest BCUT2D eigenvalue weighted by atomic mass is 16.5. The monoisotopic (exact) mass is 504 g/mol. The number of piperazine rings is 1. The first-order valence-electron chi connectivity index (χ1n) is 11.5. The van der Waals surface area contributed by atoms with E-state index in [0.29, 0.717) is 12.1 Å². The van der Waals surface area contributed by atoms with Gasteiger partial charge in [-0.05, 0) is 25.0 Å². The Kier molecular flexibility index (Phi) is 8.33. The summed E-state index contributed by atoms with van der Waals surface area (Å²) in [7, 11) is -1.48. The number of Topliss-reactive ketones (excluding diaryl/α,β-unsaturated/α-hetero) is 1. The van der Waals surface area contributed by atoms with Crippen LogP contribution >= 0.6 is 0 Å². The minimum Gasteiger partial charge on any atom is -0.535 e. The van der Waals surface area contributed by atoms with Gasteiger partial charge in [0.25, 0.3) is 0 Å². The van der Waals surface area contributed by atoms with Crippen LogP contribution in [-0.4, -0.2) is 101 Å². The molecule has 2 heterocycles. The van der Waals surface area contributed by atoms with Gasteiger partial charge in [-0.25, -0.2) is 9.59 Å². The molecular formula is C22H29BN4O9. The number of nitrogens with one attached hydrogen (secondary N) is 1. The fourth-order valence-electron chi connectivity index (χ4n) is 4.28. The Morgan fingerprint density at radius 1 is 1.25 bits per heavy atom. The molecule has 0 bridgehead atoms. The van der Waals surface area contributed by atoms with Crippen LogP contribution in [-0.2, 0) is 20.8 Å². The highest BCUT2D eigenvalue weighted by molar-refractivity contribution is 6.47. The lowest BCUT2D eigenvalue weighted by atomic mass is 9.62. The molecule has 1 saturated heterocycles. The van der Waals surface area contributed by atoms with Gasteiger partial charge in [0.1, 0.15) is 11.5 Å². The fraction of sp³-hybridized carbons (Fsp3) is 0.500. The van der Waals surface area contributed by atoms with Gasteiger partial charge in [-0.1, -0.05) is 12.1 Å². The molecule has 0 aliphatic carbocycles. The Morgan fingerprint density at radius 3 is 2.58 bits per heavy atom. The highest BCUT2D eigenvalue weighted by Gasteiger charge is 2.44. The third-order valence-electron chi connectivity index (χ3n) is 6.70. The number of rotatable bonds is 9.